The van der Waals surface area contributed by atoms with Crippen molar-refractivity contribution in [2.75, 3.05) is 19.7 Å². The van der Waals surface area contributed by atoms with Crippen molar-refractivity contribution in [3.05, 3.63) is 34.3 Å². The number of amides is 1. The minimum atomic E-state index is -0.427. The Labute approximate surface area is 136 Å². The van der Waals surface area contributed by atoms with Crippen LogP contribution < -0.4 is 11.1 Å². The van der Waals surface area contributed by atoms with Crippen LogP contribution in [0, 0.1) is 11.8 Å². The van der Waals surface area contributed by atoms with Gasteiger partial charge in [0.05, 0.1) is 0 Å². The highest BCUT2D eigenvalue weighted by molar-refractivity contribution is 6.31. The zero-order chi connectivity index (χ0) is 15.7. The van der Waals surface area contributed by atoms with E-state index in [9.17, 15) is 4.79 Å². The summed E-state index contributed by atoms with van der Waals surface area (Å²) in [6, 6.07) is 5.30. The van der Waals surface area contributed by atoms with E-state index in [-0.39, 0.29) is 0 Å². The van der Waals surface area contributed by atoms with Gasteiger partial charge in [0.15, 0.2) is 0 Å². The van der Waals surface area contributed by atoms with Gasteiger partial charge in [0, 0.05) is 47.7 Å². The number of primary amides is 1. The van der Waals surface area contributed by atoms with Gasteiger partial charge in [-0.25, -0.2) is 0 Å². The standard InChI is InChI=1S/C17H23ClN2O2/c1-2-22-17(12-4-3-5-13(17)10-20-9-12)14-8-11(16(19)21)6-7-15(14)18/h6-8,12-13,20H,2-5,9-10H2,1H3,(H2,19,21). The molecule has 0 spiro atoms. The van der Waals surface area contributed by atoms with Gasteiger partial charge in [0.1, 0.15) is 5.60 Å². The summed E-state index contributed by atoms with van der Waals surface area (Å²) >= 11 is 6.52. The number of benzene rings is 1. The highest BCUT2D eigenvalue weighted by atomic mass is 35.5. The fourth-order valence-corrected chi connectivity index (χ4v) is 4.55. The Kier molecular flexibility index (Phi) is 4.44. The molecule has 1 saturated heterocycles. The fraction of sp³-hybridized carbons (Fsp3) is 0.588. The smallest absolute Gasteiger partial charge is 0.248 e. The first-order chi connectivity index (χ1) is 10.6. The Bertz CT molecular complexity index is 554. The summed E-state index contributed by atoms with van der Waals surface area (Å²) in [6.07, 6.45) is 3.44. The predicted octanol–water partition coefficient (Wildman–Crippen LogP) is 2.69. The van der Waals surface area contributed by atoms with Crippen molar-refractivity contribution < 1.29 is 9.53 Å². The van der Waals surface area contributed by atoms with E-state index in [0.717, 1.165) is 31.5 Å². The van der Waals surface area contributed by atoms with Crippen LogP contribution in [0.5, 0.6) is 0 Å². The Morgan fingerprint density at radius 3 is 2.68 bits per heavy atom. The molecule has 22 heavy (non-hydrogen) atoms. The van der Waals surface area contributed by atoms with Gasteiger partial charge in [-0.3, -0.25) is 4.79 Å². The molecule has 4 nitrogen and oxygen atoms in total. The van der Waals surface area contributed by atoms with Gasteiger partial charge in [-0.05, 0) is 38.0 Å². The molecule has 2 unspecified atom stereocenters. The second-order valence-electron chi connectivity index (χ2n) is 6.27. The molecule has 1 heterocycles. The van der Waals surface area contributed by atoms with Gasteiger partial charge in [-0.2, -0.15) is 0 Å². The maximum atomic E-state index is 11.6. The first-order valence-corrected chi connectivity index (χ1v) is 8.42. The van der Waals surface area contributed by atoms with Crippen molar-refractivity contribution in [2.24, 2.45) is 17.6 Å². The lowest BCUT2D eigenvalue weighted by Gasteiger charge is -2.53. The molecule has 0 radical (unpaired) electrons. The Morgan fingerprint density at radius 1 is 1.41 bits per heavy atom. The number of hydrogen-bond donors (Lipinski definition) is 2. The SMILES string of the molecule is CCOC1(c2cc(C(N)=O)ccc2Cl)C2CCCC1CNC2. The molecule has 1 aromatic rings. The lowest BCUT2D eigenvalue weighted by Crippen LogP contribution is -2.58. The summed E-state index contributed by atoms with van der Waals surface area (Å²) in [5.74, 6) is 0.324. The number of piperidine rings is 1. The number of rotatable bonds is 4. The summed E-state index contributed by atoms with van der Waals surface area (Å²) < 4.78 is 6.36. The van der Waals surface area contributed by atoms with E-state index in [1.165, 1.54) is 6.42 Å². The van der Waals surface area contributed by atoms with Crippen molar-refractivity contribution in [2.45, 2.75) is 31.8 Å². The molecule has 3 N–H and O–H groups in total. The van der Waals surface area contributed by atoms with E-state index in [2.05, 4.69) is 5.32 Å². The second-order valence-corrected chi connectivity index (χ2v) is 6.68. The number of carbonyl (C=O) groups excluding carboxylic acids is 1. The van der Waals surface area contributed by atoms with Crippen molar-refractivity contribution in [3.8, 4) is 0 Å². The second kappa shape index (κ2) is 6.19. The van der Waals surface area contributed by atoms with Gasteiger partial charge in [0.2, 0.25) is 5.91 Å². The number of nitrogens with two attached hydrogens (primary N) is 1. The number of hydrogen-bond acceptors (Lipinski definition) is 3. The van der Waals surface area contributed by atoms with Crippen molar-refractivity contribution >= 4 is 17.5 Å². The minimum absolute atomic E-state index is 0.376. The van der Waals surface area contributed by atoms with E-state index in [1.807, 2.05) is 13.0 Å². The number of ether oxygens (including phenoxy) is 1. The van der Waals surface area contributed by atoms with Gasteiger partial charge in [-0.1, -0.05) is 18.0 Å². The molecule has 2 bridgehead atoms. The topological polar surface area (TPSA) is 64.3 Å². The van der Waals surface area contributed by atoms with Crippen molar-refractivity contribution in [1.29, 1.82) is 0 Å². The van der Waals surface area contributed by atoms with Crippen LogP contribution in [-0.2, 0) is 10.3 Å². The van der Waals surface area contributed by atoms with Crippen LogP contribution in [0.15, 0.2) is 18.2 Å². The van der Waals surface area contributed by atoms with Gasteiger partial charge < -0.3 is 15.8 Å². The van der Waals surface area contributed by atoms with E-state index >= 15 is 0 Å². The molecule has 120 valence electrons. The third-order valence-corrected chi connectivity index (χ3v) is 5.48. The predicted molar refractivity (Wildman–Crippen MR) is 87.0 cm³/mol. The van der Waals surface area contributed by atoms with Crippen LogP contribution in [-0.4, -0.2) is 25.6 Å². The van der Waals surface area contributed by atoms with E-state index in [4.69, 9.17) is 22.1 Å². The zero-order valence-electron chi connectivity index (χ0n) is 12.9. The highest BCUT2D eigenvalue weighted by Crippen LogP contribution is 2.51. The van der Waals surface area contributed by atoms with E-state index in [0.29, 0.717) is 29.0 Å². The number of fused-ring (bicyclic) bond motifs is 2. The number of nitrogens with one attached hydrogen (secondary N) is 1. The number of carbonyl (C=O) groups is 1. The lowest BCUT2D eigenvalue weighted by atomic mass is 9.62. The molecule has 5 heteroatoms. The Hall–Kier alpha value is -1.10. The molecule has 2 fully saturated rings. The van der Waals surface area contributed by atoms with E-state index in [1.54, 1.807) is 12.1 Å². The molecule has 1 aromatic carbocycles. The van der Waals surface area contributed by atoms with Crippen LogP contribution in [0.2, 0.25) is 5.02 Å². The molecule has 2 atom stereocenters. The molecule has 2 aliphatic rings. The fourth-order valence-electron chi connectivity index (χ4n) is 4.28. The molecule has 1 amide bonds. The quantitative estimate of drug-likeness (QED) is 0.895. The van der Waals surface area contributed by atoms with Gasteiger partial charge in [0.25, 0.3) is 0 Å². The molecule has 1 aliphatic carbocycles. The monoisotopic (exact) mass is 322 g/mol. The largest absolute Gasteiger partial charge is 0.370 e. The first-order valence-electron chi connectivity index (χ1n) is 8.04. The maximum Gasteiger partial charge on any atom is 0.248 e. The summed E-state index contributed by atoms with van der Waals surface area (Å²) in [6.45, 7) is 4.50. The average molecular weight is 323 g/mol. The summed E-state index contributed by atoms with van der Waals surface area (Å²) in [5, 5.41) is 4.18. The van der Waals surface area contributed by atoms with Crippen molar-refractivity contribution in [3.63, 3.8) is 0 Å². The van der Waals surface area contributed by atoms with Crippen LogP contribution in [0.3, 0.4) is 0 Å². The first kappa shape index (κ1) is 15.8. The third-order valence-electron chi connectivity index (χ3n) is 5.15. The molecular formula is C17H23ClN2O2. The summed E-state index contributed by atoms with van der Waals surface area (Å²) in [4.78, 5) is 11.6. The van der Waals surface area contributed by atoms with E-state index < -0.39 is 11.5 Å². The zero-order valence-corrected chi connectivity index (χ0v) is 13.7. The molecule has 1 aliphatic heterocycles. The van der Waals surface area contributed by atoms with Crippen LogP contribution in [0.25, 0.3) is 0 Å². The lowest BCUT2D eigenvalue weighted by molar-refractivity contribution is -0.161. The maximum absolute atomic E-state index is 11.6. The van der Waals surface area contributed by atoms with Crippen molar-refractivity contribution in [1.82, 2.24) is 5.32 Å². The third kappa shape index (κ3) is 2.43. The Balaban J connectivity index is 2.15. The molecular weight excluding hydrogens is 300 g/mol. The summed E-state index contributed by atoms with van der Waals surface area (Å²) in [5.41, 5.74) is 6.49. The molecule has 0 aromatic heterocycles. The number of halogens is 1. The molecule has 1 saturated carbocycles. The average Bonchev–Trinajstić information content (AvgIpc) is 2.47. The molecule has 3 rings (SSSR count). The van der Waals surface area contributed by atoms with Gasteiger partial charge in [-0.15, -0.1) is 0 Å². The van der Waals surface area contributed by atoms with Gasteiger partial charge >= 0.3 is 0 Å². The summed E-state index contributed by atoms with van der Waals surface area (Å²) in [7, 11) is 0. The highest BCUT2D eigenvalue weighted by Gasteiger charge is 2.52. The normalized spacial score (nSPS) is 31.0. The Morgan fingerprint density at radius 2 is 2.09 bits per heavy atom. The van der Waals surface area contributed by atoms with Crippen LogP contribution in [0.4, 0.5) is 0 Å². The van der Waals surface area contributed by atoms with Crippen LogP contribution >= 0.6 is 11.6 Å². The van der Waals surface area contributed by atoms with Crippen LogP contribution in [0.1, 0.15) is 42.1 Å². The minimum Gasteiger partial charge on any atom is -0.370 e.